The molecule has 2 aromatic carbocycles. The molecular formula is C18H20N2O2. The molecule has 0 radical (unpaired) electrons. The fraction of sp³-hybridized carbons (Fsp3) is 0.278. The third-order valence-electron chi connectivity index (χ3n) is 3.35. The smallest absolute Gasteiger partial charge is 0.335 e. The van der Waals surface area contributed by atoms with E-state index in [0.717, 1.165) is 5.56 Å². The number of rotatable bonds is 4. The molecule has 0 atom stereocenters. The Hall–Kier alpha value is -2.49. The SMILES string of the molecule is CC(C)(C)c1ccc(CN=Nc2cccc(C(=O)O)c2)cc1. The minimum Gasteiger partial charge on any atom is -0.478 e. The van der Waals surface area contributed by atoms with Gasteiger partial charge in [-0.1, -0.05) is 51.1 Å². The van der Waals surface area contributed by atoms with E-state index in [1.54, 1.807) is 12.1 Å². The van der Waals surface area contributed by atoms with Gasteiger partial charge in [-0.3, -0.25) is 0 Å². The highest BCUT2D eigenvalue weighted by Gasteiger charge is 2.12. The van der Waals surface area contributed by atoms with Crippen molar-refractivity contribution in [3.05, 3.63) is 65.2 Å². The number of carbonyl (C=O) groups is 1. The Labute approximate surface area is 130 Å². The van der Waals surface area contributed by atoms with Gasteiger partial charge in [-0.05, 0) is 34.7 Å². The Kier molecular flexibility index (Phi) is 4.71. The zero-order valence-electron chi connectivity index (χ0n) is 13.1. The van der Waals surface area contributed by atoms with Crippen LogP contribution in [0.15, 0.2) is 58.8 Å². The highest BCUT2D eigenvalue weighted by atomic mass is 16.4. The van der Waals surface area contributed by atoms with Crippen LogP contribution in [0.25, 0.3) is 0 Å². The Bertz CT molecular complexity index is 683. The van der Waals surface area contributed by atoms with E-state index >= 15 is 0 Å². The van der Waals surface area contributed by atoms with Crippen molar-refractivity contribution in [3.63, 3.8) is 0 Å². The molecule has 2 rings (SSSR count). The number of hydrogen-bond acceptors (Lipinski definition) is 3. The van der Waals surface area contributed by atoms with E-state index < -0.39 is 5.97 Å². The normalized spacial score (nSPS) is 11.8. The van der Waals surface area contributed by atoms with Gasteiger partial charge in [0.25, 0.3) is 0 Å². The van der Waals surface area contributed by atoms with Crippen LogP contribution in [-0.2, 0) is 12.0 Å². The molecule has 0 amide bonds. The van der Waals surface area contributed by atoms with Gasteiger partial charge in [-0.2, -0.15) is 10.2 Å². The lowest BCUT2D eigenvalue weighted by molar-refractivity contribution is 0.0697. The van der Waals surface area contributed by atoms with Crippen LogP contribution in [0.4, 0.5) is 5.69 Å². The molecule has 0 aliphatic heterocycles. The standard InChI is InChI=1S/C18H20N2O2/c1-18(2,3)15-9-7-13(8-10-15)12-19-20-16-6-4-5-14(11-16)17(21)22/h4-11H,12H2,1-3H3,(H,21,22). The summed E-state index contributed by atoms with van der Waals surface area (Å²) in [5.41, 5.74) is 3.25. The molecule has 0 aromatic heterocycles. The maximum atomic E-state index is 10.9. The number of nitrogens with zero attached hydrogens (tertiary/aromatic N) is 2. The molecule has 2 aromatic rings. The first kappa shape index (κ1) is 15.9. The molecule has 0 saturated heterocycles. The molecular weight excluding hydrogens is 276 g/mol. The van der Waals surface area contributed by atoms with Crippen molar-refractivity contribution in [2.45, 2.75) is 32.7 Å². The van der Waals surface area contributed by atoms with Crippen LogP contribution in [0.5, 0.6) is 0 Å². The lowest BCUT2D eigenvalue weighted by Crippen LogP contribution is -2.10. The summed E-state index contributed by atoms with van der Waals surface area (Å²) >= 11 is 0. The lowest BCUT2D eigenvalue weighted by Gasteiger charge is -2.18. The number of carboxylic acids is 1. The van der Waals surface area contributed by atoms with Gasteiger partial charge in [0.05, 0.1) is 17.8 Å². The van der Waals surface area contributed by atoms with Crippen molar-refractivity contribution in [1.29, 1.82) is 0 Å². The fourth-order valence-electron chi connectivity index (χ4n) is 2.01. The van der Waals surface area contributed by atoms with E-state index in [1.165, 1.54) is 17.7 Å². The summed E-state index contributed by atoms with van der Waals surface area (Å²) < 4.78 is 0. The Morgan fingerprint density at radius 1 is 1.09 bits per heavy atom. The molecule has 0 unspecified atom stereocenters. The van der Waals surface area contributed by atoms with Crippen molar-refractivity contribution in [1.82, 2.24) is 0 Å². The third kappa shape index (κ3) is 4.25. The largest absolute Gasteiger partial charge is 0.478 e. The van der Waals surface area contributed by atoms with Gasteiger partial charge in [0.2, 0.25) is 0 Å². The maximum absolute atomic E-state index is 10.9. The van der Waals surface area contributed by atoms with Gasteiger partial charge in [0.1, 0.15) is 0 Å². The molecule has 0 aliphatic rings. The zero-order valence-corrected chi connectivity index (χ0v) is 13.1. The summed E-state index contributed by atoms with van der Waals surface area (Å²) in [6.45, 7) is 7.01. The summed E-state index contributed by atoms with van der Waals surface area (Å²) in [5.74, 6) is -0.963. The molecule has 22 heavy (non-hydrogen) atoms. The average Bonchev–Trinajstić information content (AvgIpc) is 2.47. The molecule has 0 heterocycles. The van der Waals surface area contributed by atoms with Gasteiger partial charge >= 0.3 is 5.97 Å². The summed E-state index contributed by atoms with van der Waals surface area (Å²) in [6.07, 6.45) is 0. The molecule has 4 nitrogen and oxygen atoms in total. The van der Waals surface area contributed by atoms with Crippen molar-refractivity contribution in [2.75, 3.05) is 0 Å². The quantitative estimate of drug-likeness (QED) is 0.810. The molecule has 0 saturated carbocycles. The molecule has 0 spiro atoms. The first-order chi connectivity index (χ1) is 10.4. The second-order valence-electron chi connectivity index (χ2n) is 6.20. The first-order valence-electron chi connectivity index (χ1n) is 7.16. The molecule has 0 fully saturated rings. The van der Waals surface area contributed by atoms with Crippen LogP contribution in [0.3, 0.4) is 0 Å². The molecule has 1 N–H and O–H groups in total. The molecule has 4 heteroatoms. The van der Waals surface area contributed by atoms with Gasteiger partial charge in [0, 0.05) is 0 Å². The predicted molar refractivity (Wildman–Crippen MR) is 86.8 cm³/mol. The predicted octanol–water partition coefficient (Wildman–Crippen LogP) is 4.97. The third-order valence-corrected chi connectivity index (χ3v) is 3.35. The van der Waals surface area contributed by atoms with Crippen molar-refractivity contribution < 1.29 is 9.90 Å². The number of carboxylic acid groups (broad SMARTS) is 1. The van der Waals surface area contributed by atoms with Crippen molar-refractivity contribution >= 4 is 11.7 Å². The second-order valence-corrected chi connectivity index (χ2v) is 6.20. The number of aromatic carboxylic acids is 1. The molecule has 0 aliphatic carbocycles. The molecule has 0 bridgehead atoms. The average molecular weight is 296 g/mol. The van der Waals surface area contributed by atoms with E-state index in [1.807, 2.05) is 12.1 Å². The van der Waals surface area contributed by atoms with E-state index in [-0.39, 0.29) is 11.0 Å². The van der Waals surface area contributed by atoms with Gasteiger partial charge < -0.3 is 5.11 Å². The maximum Gasteiger partial charge on any atom is 0.335 e. The second kappa shape index (κ2) is 6.52. The van der Waals surface area contributed by atoms with Gasteiger partial charge in [-0.15, -0.1) is 0 Å². The minimum absolute atomic E-state index is 0.136. The van der Waals surface area contributed by atoms with E-state index in [2.05, 4.69) is 43.1 Å². The van der Waals surface area contributed by atoms with Crippen LogP contribution >= 0.6 is 0 Å². The van der Waals surface area contributed by atoms with Crippen LogP contribution in [0, 0.1) is 0 Å². The van der Waals surface area contributed by atoms with E-state index in [9.17, 15) is 4.79 Å². The van der Waals surface area contributed by atoms with Crippen LogP contribution < -0.4 is 0 Å². The number of benzene rings is 2. The number of azo groups is 1. The Balaban J connectivity index is 2.03. The Morgan fingerprint density at radius 3 is 2.36 bits per heavy atom. The van der Waals surface area contributed by atoms with Gasteiger partial charge in [-0.25, -0.2) is 4.79 Å². The van der Waals surface area contributed by atoms with Crippen LogP contribution in [-0.4, -0.2) is 11.1 Å². The van der Waals surface area contributed by atoms with Crippen molar-refractivity contribution in [2.24, 2.45) is 10.2 Å². The minimum atomic E-state index is -0.963. The molecule has 114 valence electrons. The highest BCUT2D eigenvalue weighted by molar-refractivity contribution is 5.88. The van der Waals surface area contributed by atoms with Gasteiger partial charge in [0.15, 0.2) is 0 Å². The lowest BCUT2D eigenvalue weighted by atomic mass is 9.87. The summed E-state index contributed by atoms with van der Waals surface area (Å²) in [4.78, 5) is 10.9. The highest BCUT2D eigenvalue weighted by Crippen LogP contribution is 2.22. The summed E-state index contributed by atoms with van der Waals surface area (Å²) in [6, 6.07) is 14.8. The van der Waals surface area contributed by atoms with E-state index in [4.69, 9.17) is 5.11 Å². The van der Waals surface area contributed by atoms with E-state index in [0.29, 0.717) is 12.2 Å². The summed E-state index contributed by atoms with van der Waals surface area (Å²) in [5, 5.41) is 17.1. The van der Waals surface area contributed by atoms with Crippen LogP contribution in [0.2, 0.25) is 0 Å². The topological polar surface area (TPSA) is 62.0 Å². The number of hydrogen-bond donors (Lipinski definition) is 1. The fourth-order valence-corrected chi connectivity index (χ4v) is 2.01. The zero-order chi connectivity index (χ0) is 16.2. The van der Waals surface area contributed by atoms with Crippen molar-refractivity contribution in [3.8, 4) is 0 Å². The monoisotopic (exact) mass is 296 g/mol. The first-order valence-corrected chi connectivity index (χ1v) is 7.16. The Morgan fingerprint density at radius 2 is 1.77 bits per heavy atom. The van der Waals surface area contributed by atoms with Crippen LogP contribution in [0.1, 0.15) is 42.3 Å². The summed E-state index contributed by atoms with van der Waals surface area (Å²) in [7, 11) is 0.